The molecule has 29 heavy (non-hydrogen) atoms. The van der Waals surface area contributed by atoms with Crippen molar-refractivity contribution < 1.29 is 5.11 Å². The molecule has 0 fully saturated rings. The molecule has 0 amide bonds. The number of hydrogen-bond donors (Lipinski definition) is 1. The van der Waals surface area contributed by atoms with Gasteiger partial charge in [0, 0.05) is 18.1 Å². The van der Waals surface area contributed by atoms with Crippen molar-refractivity contribution >= 4 is 21.9 Å². The minimum Gasteiger partial charge on any atom is -0.389 e. The fourth-order valence-corrected chi connectivity index (χ4v) is 4.04. The van der Waals surface area contributed by atoms with Gasteiger partial charge in [0.05, 0.1) is 30.2 Å². The quantitative estimate of drug-likeness (QED) is 0.465. The summed E-state index contributed by atoms with van der Waals surface area (Å²) >= 11 is 0. The zero-order chi connectivity index (χ0) is 19.6. The molecule has 144 valence electrons. The van der Waals surface area contributed by atoms with E-state index in [4.69, 9.17) is 4.98 Å². The molecule has 2 heterocycles. The second-order valence-electron chi connectivity index (χ2n) is 7.47. The first kappa shape index (κ1) is 17.7. The van der Waals surface area contributed by atoms with Crippen LogP contribution in [0.15, 0.2) is 91.1 Å². The van der Waals surface area contributed by atoms with Crippen LogP contribution in [0.5, 0.6) is 0 Å². The highest BCUT2D eigenvalue weighted by atomic mass is 16.3. The molecule has 1 N–H and O–H groups in total. The van der Waals surface area contributed by atoms with Crippen molar-refractivity contribution in [2.45, 2.75) is 25.6 Å². The second-order valence-corrected chi connectivity index (χ2v) is 7.47. The van der Waals surface area contributed by atoms with Gasteiger partial charge in [0.25, 0.3) is 0 Å². The molecule has 5 rings (SSSR count). The van der Waals surface area contributed by atoms with E-state index in [9.17, 15) is 5.11 Å². The van der Waals surface area contributed by atoms with Gasteiger partial charge in [-0.2, -0.15) is 0 Å². The number of aliphatic hydroxyl groups excluding tert-OH is 1. The van der Waals surface area contributed by atoms with E-state index in [-0.39, 0.29) is 0 Å². The lowest BCUT2D eigenvalue weighted by molar-refractivity contribution is 0.136. The first-order chi connectivity index (χ1) is 14.3. The molecule has 0 saturated heterocycles. The second kappa shape index (κ2) is 7.57. The van der Waals surface area contributed by atoms with Gasteiger partial charge < -0.3 is 14.2 Å². The summed E-state index contributed by atoms with van der Waals surface area (Å²) in [6, 6.07) is 28.9. The van der Waals surface area contributed by atoms with E-state index in [1.54, 1.807) is 0 Å². The van der Waals surface area contributed by atoms with Crippen molar-refractivity contribution in [2.75, 3.05) is 0 Å². The van der Waals surface area contributed by atoms with Gasteiger partial charge in [0.1, 0.15) is 5.82 Å². The maximum atomic E-state index is 10.9. The number of benzene rings is 3. The van der Waals surface area contributed by atoms with Crippen molar-refractivity contribution in [1.29, 1.82) is 0 Å². The standard InChI is InChI=1S/C25H23N3O/c29-21(17-27-15-14-20-10-4-6-12-23(20)27)18-28-24-13-7-5-11-22(24)26-25(28)16-19-8-2-1-3-9-19/h1-15,21,29H,16-18H2. The largest absolute Gasteiger partial charge is 0.389 e. The number of para-hydroxylation sites is 3. The van der Waals surface area contributed by atoms with Gasteiger partial charge in [0.2, 0.25) is 0 Å². The molecule has 0 aliphatic carbocycles. The van der Waals surface area contributed by atoms with Crippen LogP contribution in [0.3, 0.4) is 0 Å². The number of hydrogen-bond acceptors (Lipinski definition) is 2. The average molecular weight is 381 g/mol. The minimum absolute atomic E-state index is 0.509. The van der Waals surface area contributed by atoms with Gasteiger partial charge in [-0.05, 0) is 35.2 Å². The van der Waals surface area contributed by atoms with Gasteiger partial charge in [-0.3, -0.25) is 0 Å². The lowest BCUT2D eigenvalue weighted by Gasteiger charge is -2.16. The molecule has 0 aliphatic heterocycles. The molecule has 4 heteroatoms. The fraction of sp³-hybridized carbons (Fsp3) is 0.160. The Morgan fingerprint density at radius 1 is 0.759 bits per heavy atom. The highest BCUT2D eigenvalue weighted by molar-refractivity contribution is 5.80. The fourth-order valence-electron chi connectivity index (χ4n) is 4.04. The Labute approximate surface area is 169 Å². The molecule has 1 atom stereocenters. The van der Waals surface area contributed by atoms with E-state index in [0.717, 1.165) is 28.8 Å². The predicted molar refractivity (Wildman–Crippen MR) is 117 cm³/mol. The summed E-state index contributed by atoms with van der Waals surface area (Å²) in [6.07, 6.45) is 2.28. The third kappa shape index (κ3) is 3.55. The monoisotopic (exact) mass is 381 g/mol. The van der Waals surface area contributed by atoms with Crippen LogP contribution in [0, 0.1) is 0 Å². The maximum absolute atomic E-state index is 10.9. The molecule has 3 aromatic carbocycles. The van der Waals surface area contributed by atoms with Crippen LogP contribution in [-0.2, 0) is 19.5 Å². The van der Waals surface area contributed by atoms with Gasteiger partial charge in [0.15, 0.2) is 0 Å². The van der Waals surface area contributed by atoms with Gasteiger partial charge >= 0.3 is 0 Å². The van der Waals surface area contributed by atoms with E-state index in [0.29, 0.717) is 13.1 Å². The first-order valence-corrected chi connectivity index (χ1v) is 9.98. The molecule has 5 aromatic rings. The topological polar surface area (TPSA) is 43.0 Å². The Bertz CT molecular complexity index is 1250. The van der Waals surface area contributed by atoms with Gasteiger partial charge in [-0.25, -0.2) is 4.98 Å². The van der Waals surface area contributed by atoms with E-state index in [2.05, 4.69) is 45.5 Å². The number of nitrogens with zero attached hydrogens (tertiary/aromatic N) is 3. The van der Waals surface area contributed by atoms with E-state index < -0.39 is 6.10 Å². The highest BCUT2D eigenvalue weighted by Crippen LogP contribution is 2.20. The lowest BCUT2D eigenvalue weighted by atomic mass is 10.1. The van der Waals surface area contributed by atoms with E-state index >= 15 is 0 Å². The van der Waals surface area contributed by atoms with Gasteiger partial charge in [-0.1, -0.05) is 60.7 Å². The normalized spacial score (nSPS) is 12.6. The van der Waals surface area contributed by atoms with Crippen molar-refractivity contribution in [2.24, 2.45) is 0 Å². The molecule has 4 nitrogen and oxygen atoms in total. The Hall–Kier alpha value is -3.37. The van der Waals surface area contributed by atoms with Crippen molar-refractivity contribution in [3.63, 3.8) is 0 Å². The summed E-state index contributed by atoms with van der Waals surface area (Å²) in [5.74, 6) is 0.980. The van der Waals surface area contributed by atoms with E-state index in [1.807, 2.05) is 54.7 Å². The van der Waals surface area contributed by atoms with Crippen LogP contribution in [0.25, 0.3) is 21.9 Å². The molecule has 0 aliphatic rings. The predicted octanol–water partition coefficient (Wildman–Crippen LogP) is 4.64. The average Bonchev–Trinajstić information content (AvgIpc) is 3.31. The Morgan fingerprint density at radius 3 is 2.34 bits per heavy atom. The van der Waals surface area contributed by atoms with Crippen LogP contribution < -0.4 is 0 Å². The number of aromatic nitrogens is 3. The maximum Gasteiger partial charge on any atom is 0.114 e. The van der Waals surface area contributed by atoms with Crippen LogP contribution >= 0.6 is 0 Å². The number of aliphatic hydroxyl groups is 1. The zero-order valence-electron chi connectivity index (χ0n) is 16.1. The third-order valence-electron chi connectivity index (χ3n) is 5.42. The van der Waals surface area contributed by atoms with Crippen LogP contribution in [0.1, 0.15) is 11.4 Å². The molecule has 2 aromatic heterocycles. The first-order valence-electron chi connectivity index (χ1n) is 9.98. The number of rotatable bonds is 6. The highest BCUT2D eigenvalue weighted by Gasteiger charge is 2.15. The SMILES string of the molecule is OC(Cn1ccc2ccccc21)Cn1c(Cc2ccccc2)nc2ccccc21. The van der Waals surface area contributed by atoms with Crippen molar-refractivity contribution in [3.8, 4) is 0 Å². The molecule has 1 unspecified atom stereocenters. The molecule has 0 bridgehead atoms. The molecule has 0 radical (unpaired) electrons. The summed E-state index contributed by atoms with van der Waals surface area (Å²) in [6.45, 7) is 1.06. The Morgan fingerprint density at radius 2 is 1.48 bits per heavy atom. The molecule has 0 saturated carbocycles. The summed E-state index contributed by atoms with van der Waals surface area (Å²) in [5.41, 5.74) is 4.40. The third-order valence-corrected chi connectivity index (χ3v) is 5.42. The summed E-state index contributed by atoms with van der Waals surface area (Å²) < 4.78 is 4.29. The van der Waals surface area contributed by atoms with Crippen LogP contribution in [-0.4, -0.2) is 25.3 Å². The van der Waals surface area contributed by atoms with E-state index in [1.165, 1.54) is 10.9 Å². The lowest BCUT2D eigenvalue weighted by Crippen LogP contribution is -2.23. The number of imidazole rings is 1. The zero-order valence-corrected chi connectivity index (χ0v) is 16.1. The molecule has 0 spiro atoms. The Balaban J connectivity index is 1.45. The number of fused-ring (bicyclic) bond motifs is 2. The Kier molecular flexibility index (Phi) is 4.62. The van der Waals surface area contributed by atoms with Gasteiger partial charge in [-0.15, -0.1) is 0 Å². The minimum atomic E-state index is -0.516. The van der Waals surface area contributed by atoms with Crippen LogP contribution in [0.2, 0.25) is 0 Å². The van der Waals surface area contributed by atoms with Crippen LogP contribution in [0.4, 0.5) is 0 Å². The van der Waals surface area contributed by atoms with Crippen molar-refractivity contribution in [1.82, 2.24) is 14.1 Å². The summed E-state index contributed by atoms with van der Waals surface area (Å²) in [5, 5.41) is 12.1. The van der Waals surface area contributed by atoms with Crippen molar-refractivity contribution in [3.05, 3.63) is 103 Å². The smallest absolute Gasteiger partial charge is 0.114 e. The summed E-state index contributed by atoms with van der Waals surface area (Å²) in [4.78, 5) is 4.85. The molecular formula is C25H23N3O. The molecular weight excluding hydrogens is 358 g/mol. The summed E-state index contributed by atoms with van der Waals surface area (Å²) in [7, 11) is 0.